The van der Waals surface area contributed by atoms with Crippen molar-refractivity contribution in [1.29, 1.82) is 0 Å². The topological polar surface area (TPSA) is 110 Å². The van der Waals surface area contributed by atoms with E-state index in [2.05, 4.69) is 35.6 Å². The molecule has 0 saturated heterocycles. The van der Waals surface area contributed by atoms with Gasteiger partial charge in [0.15, 0.2) is 5.69 Å². The van der Waals surface area contributed by atoms with Crippen molar-refractivity contribution in [3.8, 4) is 11.4 Å². The highest BCUT2D eigenvalue weighted by Gasteiger charge is 2.39. The Labute approximate surface area is 125 Å². The lowest BCUT2D eigenvalue weighted by atomic mass is 10.1. The number of rotatable bonds is 3. The highest BCUT2D eigenvalue weighted by atomic mass is 19.4. The Balaban J connectivity index is 1.92. The van der Waals surface area contributed by atoms with E-state index >= 15 is 0 Å². The van der Waals surface area contributed by atoms with E-state index in [-0.39, 0.29) is 11.5 Å². The number of anilines is 1. The number of carbonyl (C=O) groups excluding carboxylic acids is 1. The summed E-state index contributed by atoms with van der Waals surface area (Å²) in [5.41, 5.74) is -1.51. The molecule has 2 N–H and O–H groups in total. The van der Waals surface area contributed by atoms with Crippen molar-refractivity contribution in [3.63, 3.8) is 0 Å². The lowest BCUT2D eigenvalue weighted by Gasteiger charge is -2.09. The summed E-state index contributed by atoms with van der Waals surface area (Å²) in [5, 5.41) is 18.3. The first-order chi connectivity index (χ1) is 11.0. The van der Waals surface area contributed by atoms with E-state index in [1.54, 1.807) is 18.2 Å². The molecule has 11 heteroatoms. The summed E-state index contributed by atoms with van der Waals surface area (Å²) < 4.78 is 42.5. The molecule has 0 aliphatic carbocycles. The minimum Gasteiger partial charge on any atom is -0.363 e. The van der Waals surface area contributed by atoms with Crippen LogP contribution in [-0.4, -0.2) is 31.7 Å². The summed E-state index contributed by atoms with van der Waals surface area (Å²) in [6, 6.07) is 6.32. The van der Waals surface area contributed by atoms with Crippen LogP contribution in [-0.2, 0) is 6.18 Å². The molecule has 23 heavy (non-hydrogen) atoms. The van der Waals surface area contributed by atoms with Crippen molar-refractivity contribution >= 4 is 11.6 Å². The number of nitrogens with one attached hydrogen (secondary N) is 2. The predicted molar refractivity (Wildman–Crippen MR) is 69.1 cm³/mol. The van der Waals surface area contributed by atoms with Crippen molar-refractivity contribution in [2.45, 2.75) is 6.18 Å². The molecule has 0 spiro atoms. The van der Waals surface area contributed by atoms with Crippen LogP contribution in [0.4, 0.5) is 18.9 Å². The molecule has 0 aliphatic rings. The Morgan fingerprint density at radius 2 is 2.04 bits per heavy atom. The molecule has 1 aromatic carbocycles. The fourth-order valence-electron chi connectivity index (χ4n) is 1.85. The zero-order chi connectivity index (χ0) is 16.4. The zero-order valence-corrected chi connectivity index (χ0v) is 11.1. The number of para-hydroxylation sites is 1. The van der Waals surface area contributed by atoms with Crippen molar-refractivity contribution in [3.05, 3.63) is 41.8 Å². The fourth-order valence-corrected chi connectivity index (χ4v) is 1.85. The summed E-state index contributed by atoms with van der Waals surface area (Å²) in [6.07, 6.45) is -4.16. The average molecular weight is 324 g/mol. The minimum atomic E-state index is -4.80. The number of hydrogen-bond acceptors (Lipinski definition) is 6. The second-order valence-electron chi connectivity index (χ2n) is 4.31. The fraction of sp³-hybridized carbons (Fsp3) is 0.0833. The van der Waals surface area contributed by atoms with E-state index in [1.165, 1.54) is 6.07 Å². The largest absolute Gasteiger partial charge is 0.437 e. The molecule has 118 valence electrons. The summed E-state index contributed by atoms with van der Waals surface area (Å²) in [4.78, 5) is 12.1. The number of amides is 1. The SMILES string of the molecule is O=C(Nc1ccccc1-c1nn[nH]n1)c1conc1C(F)(F)F. The summed E-state index contributed by atoms with van der Waals surface area (Å²) in [6.45, 7) is 0. The Kier molecular flexibility index (Phi) is 3.52. The number of aromatic amines is 1. The van der Waals surface area contributed by atoms with E-state index in [4.69, 9.17) is 0 Å². The molecule has 8 nitrogen and oxygen atoms in total. The first-order valence-electron chi connectivity index (χ1n) is 6.12. The van der Waals surface area contributed by atoms with Crippen molar-refractivity contribution in [2.24, 2.45) is 0 Å². The minimum absolute atomic E-state index is 0.183. The molecule has 0 fully saturated rings. The maximum absolute atomic E-state index is 12.7. The highest BCUT2D eigenvalue weighted by Crippen LogP contribution is 2.31. The van der Waals surface area contributed by atoms with E-state index in [0.29, 0.717) is 11.8 Å². The third kappa shape index (κ3) is 2.88. The number of nitrogens with zero attached hydrogens (tertiary/aromatic N) is 4. The molecule has 3 aromatic rings. The van der Waals surface area contributed by atoms with Gasteiger partial charge in [0.2, 0.25) is 5.82 Å². The molecule has 0 unspecified atom stereocenters. The summed E-state index contributed by atoms with van der Waals surface area (Å²) >= 11 is 0. The van der Waals surface area contributed by atoms with Gasteiger partial charge >= 0.3 is 6.18 Å². The number of alkyl halides is 3. The van der Waals surface area contributed by atoms with Gasteiger partial charge in [-0.05, 0) is 17.3 Å². The molecular weight excluding hydrogens is 317 g/mol. The van der Waals surface area contributed by atoms with Gasteiger partial charge in [-0.1, -0.05) is 17.3 Å². The zero-order valence-electron chi connectivity index (χ0n) is 11.1. The molecule has 3 rings (SSSR count). The molecule has 0 saturated carbocycles. The monoisotopic (exact) mass is 324 g/mol. The van der Waals surface area contributed by atoms with Crippen molar-refractivity contribution < 1.29 is 22.5 Å². The van der Waals surface area contributed by atoms with Crippen molar-refractivity contribution in [2.75, 3.05) is 5.32 Å². The molecule has 2 heterocycles. The summed E-state index contributed by atoms with van der Waals surface area (Å²) in [7, 11) is 0. The number of aromatic nitrogens is 5. The number of H-pyrrole nitrogens is 1. The van der Waals surface area contributed by atoms with Gasteiger partial charge in [0.05, 0.1) is 5.69 Å². The molecule has 1 amide bonds. The van der Waals surface area contributed by atoms with Crippen molar-refractivity contribution in [1.82, 2.24) is 25.8 Å². The number of halogens is 3. The van der Waals surface area contributed by atoms with Crippen LogP contribution in [0.1, 0.15) is 16.1 Å². The van der Waals surface area contributed by atoms with Gasteiger partial charge in [-0.3, -0.25) is 4.79 Å². The lowest BCUT2D eigenvalue weighted by molar-refractivity contribution is -0.143. The lowest BCUT2D eigenvalue weighted by Crippen LogP contribution is -2.18. The molecule has 0 bridgehead atoms. The maximum Gasteiger partial charge on any atom is 0.437 e. The highest BCUT2D eigenvalue weighted by molar-refractivity contribution is 6.06. The number of tetrazole rings is 1. The normalized spacial score (nSPS) is 11.4. The maximum atomic E-state index is 12.7. The van der Waals surface area contributed by atoms with Gasteiger partial charge in [0.1, 0.15) is 11.8 Å². The van der Waals surface area contributed by atoms with Crippen LogP contribution in [0, 0.1) is 0 Å². The van der Waals surface area contributed by atoms with Crippen LogP contribution in [0.15, 0.2) is 35.1 Å². The first kappa shape index (κ1) is 14.7. The molecule has 2 aromatic heterocycles. The molecule has 0 radical (unpaired) electrons. The van der Waals surface area contributed by atoms with Gasteiger partial charge in [-0.2, -0.15) is 18.4 Å². The second kappa shape index (κ2) is 5.51. The molecule has 0 atom stereocenters. The Morgan fingerprint density at radius 1 is 1.26 bits per heavy atom. The number of hydrogen-bond donors (Lipinski definition) is 2. The van der Waals surface area contributed by atoms with Gasteiger partial charge in [-0.15, -0.1) is 10.2 Å². The smallest absolute Gasteiger partial charge is 0.363 e. The van der Waals surface area contributed by atoms with Crippen LogP contribution < -0.4 is 5.32 Å². The van der Waals surface area contributed by atoms with Gasteiger partial charge in [0, 0.05) is 5.56 Å². The number of carbonyl (C=O) groups is 1. The summed E-state index contributed by atoms with van der Waals surface area (Å²) in [5.74, 6) is -0.836. The second-order valence-corrected chi connectivity index (χ2v) is 4.31. The molecule has 0 aliphatic heterocycles. The van der Waals surface area contributed by atoms with E-state index in [9.17, 15) is 18.0 Å². The van der Waals surface area contributed by atoms with Crippen LogP contribution >= 0.6 is 0 Å². The third-order valence-electron chi connectivity index (χ3n) is 2.84. The van der Waals surface area contributed by atoms with Gasteiger partial charge in [-0.25, -0.2) is 0 Å². The standard InChI is InChI=1S/C12H7F3N6O2/c13-12(14,15)9-7(5-23-19-9)11(22)16-8-4-2-1-3-6(8)10-17-20-21-18-10/h1-5H,(H,16,22)(H,17,18,20,21). The van der Waals surface area contributed by atoms with Crippen LogP contribution in [0.3, 0.4) is 0 Å². The number of benzene rings is 1. The first-order valence-corrected chi connectivity index (χ1v) is 6.12. The van der Waals surface area contributed by atoms with E-state index < -0.39 is 23.3 Å². The quantitative estimate of drug-likeness (QED) is 0.764. The third-order valence-corrected chi connectivity index (χ3v) is 2.84. The van der Waals surface area contributed by atoms with Crippen LogP contribution in [0.5, 0.6) is 0 Å². The van der Waals surface area contributed by atoms with E-state index in [0.717, 1.165) is 0 Å². The van der Waals surface area contributed by atoms with Crippen LogP contribution in [0.2, 0.25) is 0 Å². The van der Waals surface area contributed by atoms with Crippen LogP contribution in [0.25, 0.3) is 11.4 Å². The van der Waals surface area contributed by atoms with Gasteiger partial charge in [0.25, 0.3) is 5.91 Å². The Bertz CT molecular complexity index is 827. The Morgan fingerprint density at radius 3 is 2.74 bits per heavy atom. The molecular formula is C12H7F3N6O2. The van der Waals surface area contributed by atoms with E-state index in [1.807, 2.05) is 0 Å². The van der Waals surface area contributed by atoms with Gasteiger partial charge < -0.3 is 9.84 Å². The average Bonchev–Trinajstić information content (AvgIpc) is 3.19. The predicted octanol–water partition coefficient (Wildman–Crippen LogP) is 2.13. The Hall–Kier alpha value is -3.24.